The number of carbonyl (C=O) groups is 1. The minimum absolute atomic E-state index is 0.0489. The Hall–Kier alpha value is -2.41. The van der Waals surface area contributed by atoms with Gasteiger partial charge in [-0.25, -0.2) is 4.98 Å². The van der Waals surface area contributed by atoms with Crippen molar-refractivity contribution in [3.63, 3.8) is 0 Å². The Balaban J connectivity index is 1.62. The molecule has 1 aliphatic rings. The molecule has 9 heteroatoms. The van der Waals surface area contributed by atoms with E-state index < -0.39 is 0 Å². The standard InChI is InChI=1S/C21H20N4O2S3/c1-2-9-25-20(27)17-14-6-4-3-5-7-15(14)30-19(17)24-21(25)29-12-16(26)23-18-13(11-22)8-10-28-18/h2,8,10H,1,3-7,9,12H2,(H,23,26). The second-order valence-corrected chi connectivity index (χ2v) is 9.90. The number of fused-ring (bicyclic) bond motifs is 3. The van der Waals surface area contributed by atoms with Crippen LogP contribution in [0.2, 0.25) is 0 Å². The number of thiophene rings is 2. The molecule has 0 aliphatic heterocycles. The molecule has 0 unspecified atom stereocenters. The van der Waals surface area contributed by atoms with E-state index in [2.05, 4.69) is 18.0 Å². The summed E-state index contributed by atoms with van der Waals surface area (Å²) in [6.45, 7) is 4.12. The number of anilines is 1. The Kier molecular flexibility index (Phi) is 6.37. The third-order valence-electron chi connectivity index (χ3n) is 4.97. The van der Waals surface area contributed by atoms with Gasteiger partial charge in [0.25, 0.3) is 5.56 Å². The molecule has 0 saturated carbocycles. The minimum atomic E-state index is -0.236. The van der Waals surface area contributed by atoms with Gasteiger partial charge < -0.3 is 5.32 Å². The monoisotopic (exact) mass is 456 g/mol. The van der Waals surface area contributed by atoms with Gasteiger partial charge in [-0.2, -0.15) is 5.26 Å². The average molecular weight is 457 g/mol. The molecular weight excluding hydrogens is 436 g/mol. The molecule has 4 rings (SSSR count). The van der Waals surface area contributed by atoms with Crippen molar-refractivity contribution in [2.45, 2.75) is 43.8 Å². The summed E-state index contributed by atoms with van der Waals surface area (Å²) < 4.78 is 1.61. The van der Waals surface area contributed by atoms with Crippen molar-refractivity contribution in [3.05, 3.63) is 50.5 Å². The van der Waals surface area contributed by atoms with Crippen molar-refractivity contribution in [2.24, 2.45) is 0 Å². The molecule has 0 bridgehead atoms. The summed E-state index contributed by atoms with van der Waals surface area (Å²) >= 11 is 4.15. The third-order valence-corrected chi connectivity index (χ3v) is 7.96. The van der Waals surface area contributed by atoms with Crippen LogP contribution in [0.25, 0.3) is 10.2 Å². The van der Waals surface area contributed by atoms with Crippen LogP contribution in [0.4, 0.5) is 5.00 Å². The van der Waals surface area contributed by atoms with Gasteiger partial charge in [-0.05, 0) is 42.7 Å². The zero-order valence-electron chi connectivity index (χ0n) is 16.3. The number of amides is 1. The van der Waals surface area contributed by atoms with E-state index in [0.29, 0.717) is 22.3 Å². The summed E-state index contributed by atoms with van der Waals surface area (Å²) in [6, 6.07) is 3.73. The molecule has 0 fully saturated rings. The van der Waals surface area contributed by atoms with Gasteiger partial charge in [0, 0.05) is 11.4 Å². The van der Waals surface area contributed by atoms with Crippen LogP contribution in [-0.4, -0.2) is 21.2 Å². The lowest BCUT2D eigenvalue weighted by Gasteiger charge is -2.10. The fourth-order valence-corrected chi connectivity index (χ4v) is 6.45. The molecule has 3 heterocycles. The number of nitrogens with one attached hydrogen (secondary N) is 1. The molecule has 1 aliphatic carbocycles. The topological polar surface area (TPSA) is 87.8 Å². The van der Waals surface area contributed by atoms with Crippen LogP contribution >= 0.6 is 34.4 Å². The fraction of sp³-hybridized carbons (Fsp3) is 0.333. The average Bonchev–Trinajstić information content (AvgIpc) is 3.25. The molecule has 1 N–H and O–H groups in total. The SMILES string of the molecule is C=CCn1c(SCC(=O)Nc2sccc2C#N)nc2sc3c(c2c1=O)CCCCC3. The molecule has 1 amide bonds. The molecular formula is C21H20N4O2S3. The Morgan fingerprint density at radius 1 is 1.40 bits per heavy atom. The van der Waals surface area contributed by atoms with E-state index in [1.807, 2.05) is 0 Å². The predicted octanol–water partition coefficient (Wildman–Crippen LogP) is 4.58. The summed E-state index contributed by atoms with van der Waals surface area (Å²) in [4.78, 5) is 32.5. The van der Waals surface area contributed by atoms with Crippen LogP contribution in [0, 0.1) is 11.3 Å². The first-order valence-electron chi connectivity index (χ1n) is 9.68. The van der Waals surface area contributed by atoms with Crippen molar-refractivity contribution < 1.29 is 4.79 Å². The van der Waals surface area contributed by atoms with E-state index >= 15 is 0 Å². The van der Waals surface area contributed by atoms with E-state index in [1.54, 1.807) is 33.4 Å². The predicted molar refractivity (Wildman–Crippen MR) is 124 cm³/mol. The van der Waals surface area contributed by atoms with Crippen LogP contribution in [0.5, 0.6) is 0 Å². The number of carbonyl (C=O) groups excluding carboxylic acids is 1. The third kappa shape index (κ3) is 4.08. The summed E-state index contributed by atoms with van der Waals surface area (Å²) in [5.74, 6) is -0.136. The highest BCUT2D eigenvalue weighted by Crippen LogP contribution is 2.34. The van der Waals surface area contributed by atoms with Crippen molar-refractivity contribution in [3.8, 4) is 6.07 Å². The summed E-state index contributed by atoms with van der Waals surface area (Å²) in [5.41, 5.74) is 1.56. The quantitative estimate of drug-likeness (QED) is 0.254. The van der Waals surface area contributed by atoms with Crippen LogP contribution in [0.1, 0.15) is 35.3 Å². The van der Waals surface area contributed by atoms with E-state index in [-0.39, 0.29) is 17.2 Å². The first kappa shape index (κ1) is 20.8. The Bertz CT molecular complexity index is 1220. The van der Waals surface area contributed by atoms with Crippen molar-refractivity contribution in [1.82, 2.24) is 9.55 Å². The van der Waals surface area contributed by atoms with E-state index in [4.69, 9.17) is 10.2 Å². The number of aromatic nitrogens is 2. The number of nitrogens with zero attached hydrogens (tertiary/aromatic N) is 3. The Morgan fingerprint density at radius 2 is 2.23 bits per heavy atom. The summed E-state index contributed by atoms with van der Waals surface area (Å²) in [6.07, 6.45) is 7.05. The maximum atomic E-state index is 13.3. The molecule has 3 aromatic rings. The number of nitriles is 1. The highest BCUT2D eigenvalue weighted by molar-refractivity contribution is 7.99. The molecule has 0 aromatic carbocycles. The minimum Gasteiger partial charge on any atom is -0.316 e. The lowest BCUT2D eigenvalue weighted by atomic mass is 10.1. The van der Waals surface area contributed by atoms with E-state index in [9.17, 15) is 9.59 Å². The van der Waals surface area contributed by atoms with Gasteiger partial charge in [0.05, 0.1) is 16.7 Å². The number of hydrogen-bond donors (Lipinski definition) is 1. The summed E-state index contributed by atoms with van der Waals surface area (Å²) in [7, 11) is 0. The Labute approximate surface area is 186 Å². The van der Waals surface area contributed by atoms with Crippen molar-refractivity contribution >= 4 is 55.6 Å². The molecule has 0 atom stereocenters. The molecule has 30 heavy (non-hydrogen) atoms. The van der Waals surface area contributed by atoms with Crippen LogP contribution < -0.4 is 10.9 Å². The molecule has 6 nitrogen and oxygen atoms in total. The van der Waals surface area contributed by atoms with Gasteiger partial charge in [-0.15, -0.1) is 29.3 Å². The Morgan fingerprint density at radius 3 is 3.03 bits per heavy atom. The van der Waals surface area contributed by atoms with Gasteiger partial charge in [0.1, 0.15) is 15.9 Å². The second-order valence-electron chi connectivity index (χ2n) is 6.96. The van der Waals surface area contributed by atoms with Crippen molar-refractivity contribution in [1.29, 1.82) is 5.26 Å². The summed E-state index contributed by atoms with van der Waals surface area (Å²) in [5, 5.41) is 15.4. The van der Waals surface area contributed by atoms with Gasteiger partial charge in [-0.3, -0.25) is 14.2 Å². The molecule has 0 spiro atoms. The zero-order valence-corrected chi connectivity index (χ0v) is 18.7. The lowest BCUT2D eigenvalue weighted by molar-refractivity contribution is -0.113. The molecule has 3 aromatic heterocycles. The molecule has 0 saturated heterocycles. The van der Waals surface area contributed by atoms with Gasteiger partial charge in [-0.1, -0.05) is 24.3 Å². The maximum absolute atomic E-state index is 13.3. The van der Waals surface area contributed by atoms with Gasteiger partial charge in [0.2, 0.25) is 5.91 Å². The number of thioether (sulfide) groups is 1. The second kappa shape index (κ2) is 9.16. The number of allylic oxidation sites excluding steroid dienone is 1. The number of aryl methyl sites for hydroxylation is 2. The first-order valence-corrected chi connectivity index (χ1v) is 12.4. The number of hydrogen-bond acceptors (Lipinski definition) is 7. The molecule has 0 radical (unpaired) electrons. The normalized spacial score (nSPS) is 13.4. The van der Waals surface area contributed by atoms with Crippen molar-refractivity contribution in [2.75, 3.05) is 11.1 Å². The van der Waals surface area contributed by atoms with Gasteiger partial charge >= 0.3 is 0 Å². The lowest BCUT2D eigenvalue weighted by Crippen LogP contribution is -2.24. The largest absolute Gasteiger partial charge is 0.316 e. The van der Waals surface area contributed by atoms with E-state index in [1.165, 1.54) is 40.0 Å². The fourth-order valence-electron chi connectivity index (χ4n) is 3.58. The zero-order chi connectivity index (χ0) is 21.1. The maximum Gasteiger partial charge on any atom is 0.263 e. The molecule has 154 valence electrons. The van der Waals surface area contributed by atoms with E-state index in [0.717, 1.165) is 35.9 Å². The van der Waals surface area contributed by atoms with Gasteiger partial charge in [0.15, 0.2) is 5.16 Å². The highest BCUT2D eigenvalue weighted by Gasteiger charge is 2.21. The number of rotatable bonds is 6. The first-order chi connectivity index (χ1) is 14.6. The highest BCUT2D eigenvalue weighted by atomic mass is 32.2. The van der Waals surface area contributed by atoms with Crippen LogP contribution in [0.3, 0.4) is 0 Å². The van der Waals surface area contributed by atoms with Crippen LogP contribution in [0.15, 0.2) is 34.1 Å². The smallest absolute Gasteiger partial charge is 0.263 e. The van der Waals surface area contributed by atoms with Crippen LogP contribution in [-0.2, 0) is 24.2 Å².